The van der Waals surface area contributed by atoms with Gasteiger partial charge in [-0.25, -0.2) is 0 Å². The summed E-state index contributed by atoms with van der Waals surface area (Å²) in [7, 11) is -2.75. The molecule has 0 aliphatic rings. The van der Waals surface area contributed by atoms with Gasteiger partial charge in [-0.05, 0) is 51.2 Å². The van der Waals surface area contributed by atoms with Crippen LogP contribution < -0.4 is 11.0 Å². The van der Waals surface area contributed by atoms with Gasteiger partial charge in [-0.3, -0.25) is 0 Å². The van der Waals surface area contributed by atoms with E-state index >= 15 is 0 Å². The quantitative estimate of drug-likeness (QED) is 0.149. The number of nitrogens with two attached hydrogens (primary N) is 1. The lowest BCUT2D eigenvalue weighted by Gasteiger charge is -2.20. The number of nitrogens with one attached hydrogen (secondary N) is 1. The Balaban J connectivity index is 2.41. The summed E-state index contributed by atoms with van der Waals surface area (Å²) < 4.78 is 28.4. The smallest absolute Gasteiger partial charge is 0.374 e. The first kappa shape index (κ1) is 23.2. The molecule has 4 N–H and O–H groups in total. The number of benzene rings is 1. The number of hydrogen-bond acceptors (Lipinski definition) is 7. The van der Waals surface area contributed by atoms with Gasteiger partial charge in [0, 0.05) is 31.5 Å². The Bertz CT molecular complexity index is 530. The second-order valence-electron chi connectivity index (χ2n) is 5.97. The number of nitrogen functional groups attached to an aromatic ring is 1. The average Bonchev–Trinajstić information content (AvgIpc) is 2.59. The van der Waals surface area contributed by atoms with Crippen LogP contribution in [0.2, 0.25) is 6.82 Å². The fourth-order valence-electron chi connectivity index (χ4n) is 2.58. The van der Waals surface area contributed by atoms with E-state index in [0.717, 1.165) is 18.4 Å². The van der Waals surface area contributed by atoms with Crippen LogP contribution in [0.4, 0.5) is 5.69 Å². The van der Waals surface area contributed by atoms with Crippen molar-refractivity contribution >= 4 is 20.5 Å². The molecule has 0 amide bonds. The van der Waals surface area contributed by atoms with E-state index in [0.29, 0.717) is 25.5 Å². The first-order chi connectivity index (χ1) is 12.5. The topological polar surface area (TPSA) is 103 Å². The van der Waals surface area contributed by atoms with E-state index in [1.165, 1.54) is 0 Å². The molecule has 9 heteroatoms. The molecule has 0 aliphatic heterocycles. The zero-order valence-electron chi connectivity index (χ0n) is 15.9. The van der Waals surface area contributed by atoms with Crippen LogP contribution in [0.3, 0.4) is 0 Å². The van der Waals surface area contributed by atoms with Crippen molar-refractivity contribution in [3.8, 4) is 0 Å². The minimum Gasteiger partial charge on any atom is -0.437 e. The van der Waals surface area contributed by atoms with Gasteiger partial charge in [0.2, 0.25) is 6.03 Å². The highest BCUT2D eigenvalue weighted by molar-refractivity contribution is 7.44. The van der Waals surface area contributed by atoms with Crippen LogP contribution in [0, 0.1) is 0 Å². The maximum absolute atomic E-state index is 12.2. The van der Waals surface area contributed by atoms with Crippen molar-refractivity contribution in [2.75, 3.05) is 31.9 Å². The fraction of sp³-hybridized carbons (Fsp3) is 0.647. The van der Waals surface area contributed by atoms with Gasteiger partial charge in [-0.15, -0.1) is 0 Å². The molecular weight excluding hydrogens is 354 g/mol. The van der Waals surface area contributed by atoms with Crippen molar-refractivity contribution in [1.29, 1.82) is 0 Å². The molecule has 0 heterocycles. The largest absolute Gasteiger partial charge is 0.437 e. The molecule has 7 nitrogen and oxygen atoms in total. The SMILES string of the molecule is CCOC(OCC)[PH](=O)COCCCC(NB(C)O)c1cccc(N)c1. The van der Waals surface area contributed by atoms with Gasteiger partial charge >= 0.3 is 7.05 Å². The molecule has 26 heavy (non-hydrogen) atoms. The summed E-state index contributed by atoms with van der Waals surface area (Å²) in [4.78, 5) is 0. The monoisotopic (exact) mass is 386 g/mol. The summed E-state index contributed by atoms with van der Waals surface area (Å²) in [5.74, 6) is 0. The van der Waals surface area contributed by atoms with Crippen LogP contribution in [-0.2, 0) is 18.8 Å². The highest BCUT2D eigenvalue weighted by Gasteiger charge is 2.18. The van der Waals surface area contributed by atoms with Gasteiger partial charge in [0.05, 0.1) is 0 Å². The minimum absolute atomic E-state index is 0.0290. The van der Waals surface area contributed by atoms with Gasteiger partial charge in [0.1, 0.15) is 6.35 Å². The average molecular weight is 386 g/mol. The molecule has 1 aromatic carbocycles. The lowest BCUT2D eigenvalue weighted by Crippen LogP contribution is -2.34. The summed E-state index contributed by atoms with van der Waals surface area (Å²) >= 11 is 0. The Morgan fingerprint density at radius 2 is 2.00 bits per heavy atom. The van der Waals surface area contributed by atoms with E-state index in [-0.39, 0.29) is 12.4 Å². The first-order valence-electron chi connectivity index (χ1n) is 9.11. The predicted molar refractivity (Wildman–Crippen MR) is 107 cm³/mol. The van der Waals surface area contributed by atoms with Crippen molar-refractivity contribution < 1.29 is 23.8 Å². The van der Waals surface area contributed by atoms with E-state index < -0.39 is 20.9 Å². The molecule has 0 fully saturated rings. The molecule has 148 valence electrons. The number of anilines is 1. The van der Waals surface area contributed by atoms with Gasteiger partial charge in [0.15, 0.2) is 7.80 Å². The number of rotatable bonds is 14. The van der Waals surface area contributed by atoms with E-state index in [1.54, 1.807) is 6.82 Å². The van der Waals surface area contributed by atoms with E-state index in [1.807, 2.05) is 38.1 Å². The summed E-state index contributed by atoms with van der Waals surface area (Å²) in [5.41, 5.74) is 7.55. The Labute approximate surface area is 157 Å². The molecule has 1 aromatic rings. The second kappa shape index (κ2) is 13.3. The zero-order chi connectivity index (χ0) is 19.4. The van der Waals surface area contributed by atoms with E-state index in [2.05, 4.69) is 5.23 Å². The summed E-state index contributed by atoms with van der Waals surface area (Å²) in [6.07, 6.45) is 1.65. The third-order valence-corrected chi connectivity index (χ3v) is 5.03. The summed E-state index contributed by atoms with van der Waals surface area (Å²) in [6.45, 7) is 6.74. The Kier molecular flexibility index (Phi) is 11.9. The Morgan fingerprint density at radius 1 is 1.31 bits per heavy atom. The molecule has 1 rings (SSSR count). The van der Waals surface area contributed by atoms with Crippen LogP contribution in [0.1, 0.15) is 38.3 Å². The second-order valence-corrected chi connectivity index (χ2v) is 7.66. The highest BCUT2D eigenvalue weighted by atomic mass is 31.1. The van der Waals surface area contributed by atoms with Gasteiger partial charge in [-0.1, -0.05) is 12.1 Å². The van der Waals surface area contributed by atoms with Crippen LogP contribution >= 0.6 is 7.80 Å². The van der Waals surface area contributed by atoms with Gasteiger partial charge < -0.3 is 34.8 Å². The molecule has 2 unspecified atom stereocenters. The zero-order valence-corrected chi connectivity index (χ0v) is 16.9. The highest BCUT2D eigenvalue weighted by Crippen LogP contribution is 2.30. The Hall–Kier alpha value is -0.885. The third kappa shape index (κ3) is 9.17. The molecule has 0 saturated carbocycles. The molecular formula is C17H32BN2O5P. The lowest BCUT2D eigenvalue weighted by atomic mass is 9.85. The minimum atomic E-state index is -2.12. The van der Waals surface area contributed by atoms with Crippen molar-refractivity contribution in [2.24, 2.45) is 0 Å². The van der Waals surface area contributed by atoms with Crippen molar-refractivity contribution in [2.45, 2.75) is 45.6 Å². The van der Waals surface area contributed by atoms with E-state index in [9.17, 15) is 9.59 Å². The van der Waals surface area contributed by atoms with E-state index in [4.69, 9.17) is 19.9 Å². The summed E-state index contributed by atoms with van der Waals surface area (Å²) in [5, 5.41) is 12.8. The van der Waals surface area contributed by atoms with Gasteiger partial charge in [0.25, 0.3) is 0 Å². The van der Waals surface area contributed by atoms with Gasteiger partial charge in [-0.2, -0.15) is 0 Å². The number of hydrogen-bond donors (Lipinski definition) is 3. The maximum Gasteiger partial charge on any atom is 0.374 e. The van der Waals surface area contributed by atoms with Crippen LogP contribution in [0.25, 0.3) is 0 Å². The molecule has 0 aromatic heterocycles. The third-order valence-electron chi connectivity index (χ3n) is 3.68. The maximum atomic E-state index is 12.2. The predicted octanol–water partition coefficient (Wildman–Crippen LogP) is 2.68. The standard InChI is InChI=1S/C17H32BN2O5P/c1-4-24-17(25-5-2)26(22)13-23-11-7-10-16(20-18(3)21)14-8-6-9-15(19)12-14/h6,8-9,12,16-17,20-21,26H,4-5,7,10-11,13,19H2,1-3H3. The molecule has 0 radical (unpaired) electrons. The number of ether oxygens (including phenoxy) is 3. The summed E-state index contributed by atoms with van der Waals surface area (Å²) in [6, 6.07) is 6.90. The Morgan fingerprint density at radius 3 is 2.58 bits per heavy atom. The molecule has 0 spiro atoms. The molecule has 0 bridgehead atoms. The molecule has 0 saturated heterocycles. The fourth-order valence-corrected chi connectivity index (χ4v) is 3.77. The van der Waals surface area contributed by atoms with Crippen LogP contribution in [0.5, 0.6) is 0 Å². The first-order valence-corrected chi connectivity index (χ1v) is 10.8. The van der Waals surface area contributed by atoms with Crippen molar-refractivity contribution in [3.63, 3.8) is 0 Å². The molecule has 2 atom stereocenters. The normalized spacial score (nSPS) is 13.7. The lowest BCUT2D eigenvalue weighted by molar-refractivity contribution is -0.0810. The van der Waals surface area contributed by atoms with Crippen LogP contribution in [-0.4, -0.2) is 44.3 Å². The van der Waals surface area contributed by atoms with Crippen LogP contribution in [0.15, 0.2) is 24.3 Å². The van der Waals surface area contributed by atoms with Crippen molar-refractivity contribution in [1.82, 2.24) is 5.23 Å². The van der Waals surface area contributed by atoms with Crippen molar-refractivity contribution in [3.05, 3.63) is 29.8 Å². The molecule has 0 aliphatic carbocycles.